The van der Waals surface area contributed by atoms with Gasteiger partial charge in [0.25, 0.3) is 0 Å². The first-order valence-electron chi connectivity index (χ1n) is 11.1. The van der Waals surface area contributed by atoms with Gasteiger partial charge in [-0.2, -0.15) is 0 Å². The van der Waals surface area contributed by atoms with E-state index in [1.165, 1.54) is 55.1 Å². The Bertz CT molecular complexity index is 1430. The molecular weight excluding hydrogens is 403 g/mol. The molecule has 0 aromatic heterocycles. The van der Waals surface area contributed by atoms with E-state index in [4.69, 9.17) is 0 Å². The molecule has 1 spiro atoms. The van der Waals surface area contributed by atoms with Crippen molar-refractivity contribution in [2.24, 2.45) is 0 Å². The van der Waals surface area contributed by atoms with Gasteiger partial charge in [-0.05, 0) is 61.2 Å². The summed E-state index contributed by atoms with van der Waals surface area (Å²) in [5.74, 6) is 0. The molecule has 0 amide bonds. The van der Waals surface area contributed by atoms with Crippen molar-refractivity contribution in [2.75, 3.05) is 0 Å². The average molecular weight is 424 g/mol. The second-order valence-corrected chi connectivity index (χ2v) is 10.0. The standard InChI is InChI=1S/C31H21P/c1-2-10-21(11-3-1)32-22-18-19-26-25-14-6-9-17-29(25)31(30(26)20-22)27-15-7-4-12-23(27)24-13-5-8-16-28(24)31/h1-20,32H. The van der Waals surface area contributed by atoms with Crippen LogP contribution < -0.4 is 10.6 Å². The molecule has 0 radical (unpaired) electrons. The number of fused-ring (bicyclic) bond motifs is 10. The second kappa shape index (κ2) is 6.76. The fourth-order valence-corrected chi connectivity index (χ4v) is 6.94. The van der Waals surface area contributed by atoms with E-state index in [0.717, 1.165) is 0 Å². The maximum absolute atomic E-state index is 2.49. The molecule has 1 heteroatoms. The smallest absolute Gasteiger partial charge is 0.0622 e. The molecule has 0 aliphatic heterocycles. The van der Waals surface area contributed by atoms with Gasteiger partial charge in [0.2, 0.25) is 0 Å². The Balaban J connectivity index is 1.55. The normalized spacial score (nSPS) is 14.4. The van der Waals surface area contributed by atoms with Crippen LogP contribution in [-0.4, -0.2) is 0 Å². The van der Waals surface area contributed by atoms with Crippen LogP contribution in [0.2, 0.25) is 0 Å². The zero-order chi connectivity index (χ0) is 21.1. The molecule has 0 fully saturated rings. The van der Waals surface area contributed by atoms with Crippen LogP contribution in [0.3, 0.4) is 0 Å². The number of hydrogen-bond acceptors (Lipinski definition) is 0. The molecule has 32 heavy (non-hydrogen) atoms. The highest BCUT2D eigenvalue weighted by Crippen LogP contribution is 2.62. The fourth-order valence-electron chi connectivity index (χ4n) is 5.86. The monoisotopic (exact) mass is 424 g/mol. The highest BCUT2D eigenvalue weighted by Gasteiger charge is 2.51. The van der Waals surface area contributed by atoms with Gasteiger partial charge in [-0.1, -0.05) is 124 Å². The zero-order valence-corrected chi connectivity index (χ0v) is 18.5. The molecule has 2 aliphatic carbocycles. The van der Waals surface area contributed by atoms with E-state index < -0.39 is 0 Å². The predicted octanol–water partition coefficient (Wildman–Crippen LogP) is 6.66. The molecule has 0 saturated carbocycles. The molecule has 0 nitrogen and oxygen atoms in total. The summed E-state index contributed by atoms with van der Waals surface area (Å²) >= 11 is 0. The van der Waals surface area contributed by atoms with E-state index in [-0.39, 0.29) is 5.41 Å². The molecule has 0 bridgehead atoms. The lowest BCUT2D eigenvalue weighted by molar-refractivity contribution is 0.794. The lowest BCUT2D eigenvalue weighted by Crippen LogP contribution is -2.26. The van der Waals surface area contributed by atoms with Gasteiger partial charge in [-0.25, -0.2) is 0 Å². The summed E-state index contributed by atoms with van der Waals surface area (Å²) in [4.78, 5) is 0. The first kappa shape index (κ1) is 18.1. The van der Waals surface area contributed by atoms with Crippen molar-refractivity contribution in [3.05, 3.63) is 144 Å². The Morgan fingerprint density at radius 3 is 1.41 bits per heavy atom. The third-order valence-corrected chi connectivity index (χ3v) is 8.28. The largest absolute Gasteiger partial charge is 0.0725 e. The van der Waals surface area contributed by atoms with Crippen LogP contribution in [0.5, 0.6) is 0 Å². The van der Waals surface area contributed by atoms with Crippen LogP contribution in [0, 0.1) is 0 Å². The Labute approximate surface area is 190 Å². The minimum absolute atomic E-state index is 0.240. The van der Waals surface area contributed by atoms with Crippen LogP contribution >= 0.6 is 8.58 Å². The van der Waals surface area contributed by atoms with Gasteiger partial charge in [0.05, 0.1) is 5.41 Å². The van der Waals surface area contributed by atoms with Crippen molar-refractivity contribution in [1.29, 1.82) is 0 Å². The van der Waals surface area contributed by atoms with E-state index in [2.05, 4.69) is 121 Å². The molecule has 7 rings (SSSR count). The molecule has 0 saturated heterocycles. The molecule has 1 unspecified atom stereocenters. The highest BCUT2D eigenvalue weighted by molar-refractivity contribution is 7.55. The maximum atomic E-state index is 2.49. The summed E-state index contributed by atoms with van der Waals surface area (Å²) in [6.07, 6.45) is 0. The predicted molar refractivity (Wildman–Crippen MR) is 137 cm³/mol. The second-order valence-electron chi connectivity index (χ2n) is 8.64. The van der Waals surface area contributed by atoms with Crippen LogP contribution in [0.25, 0.3) is 22.3 Å². The van der Waals surface area contributed by atoms with Crippen molar-refractivity contribution in [2.45, 2.75) is 5.41 Å². The van der Waals surface area contributed by atoms with Gasteiger partial charge in [0, 0.05) is 0 Å². The molecule has 2 aliphatic rings. The van der Waals surface area contributed by atoms with Crippen LogP contribution in [0.1, 0.15) is 22.3 Å². The van der Waals surface area contributed by atoms with Gasteiger partial charge in [-0.15, -0.1) is 0 Å². The first-order valence-corrected chi connectivity index (χ1v) is 12.1. The van der Waals surface area contributed by atoms with E-state index in [1.807, 2.05) is 0 Å². The summed E-state index contributed by atoms with van der Waals surface area (Å²) < 4.78 is 0. The van der Waals surface area contributed by atoms with Gasteiger partial charge in [0.1, 0.15) is 0 Å². The Hall–Kier alpha value is -3.47. The van der Waals surface area contributed by atoms with Crippen molar-refractivity contribution in [3.63, 3.8) is 0 Å². The quantitative estimate of drug-likeness (QED) is 0.272. The Morgan fingerprint density at radius 1 is 0.375 bits per heavy atom. The third-order valence-electron chi connectivity index (χ3n) is 7.06. The molecule has 0 N–H and O–H groups in total. The number of rotatable bonds is 2. The van der Waals surface area contributed by atoms with Crippen molar-refractivity contribution >= 4 is 19.2 Å². The summed E-state index contributed by atoms with van der Waals surface area (Å²) in [5.41, 5.74) is 10.9. The van der Waals surface area contributed by atoms with Crippen molar-refractivity contribution in [3.8, 4) is 22.3 Å². The van der Waals surface area contributed by atoms with Crippen molar-refractivity contribution in [1.82, 2.24) is 0 Å². The molecule has 5 aromatic rings. The van der Waals surface area contributed by atoms with Crippen molar-refractivity contribution < 1.29 is 0 Å². The van der Waals surface area contributed by atoms with E-state index in [1.54, 1.807) is 0 Å². The van der Waals surface area contributed by atoms with Crippen LogP contribution in [-0.2, 0) is 5.41 Å². The highest BCUT2D eigenvalue weighted by atomic mass is 31.1. The third kappa shape index (κ3) is 2.31. The molecule has 5 aromatic carbocycles. The van der Waals surface area contributed by atoms with E-state index >= 15 is 0 Å². The molecule has 150 valence electrons. The zero-order valence-electron chi connectivity index (χ0n) is 17.5. The van der Waals surface area contributed by atoms with Gasteiger partial charge in [0.15, 0.2) is 0 Å². The summed E-state index contributed by atoms with van der Waals surface area (Å²) in [5, 5.41) is 2.77. The SMILES string of the molecule is c1ccc(Pc2ccc3c(c2)C2(c4ccccc4-c4ccccc42)c2ccccc2-3)cc1. The fraction of sp³-hybridized carbons (Fsp3) is 0.0323. The lowest BCUT2D eigenvalue weighted by atomic mass is 9.70. The minimum atomic E-state index is -0.240. The summed E-state index contributed by atoms with van der Waals surface area (Å²) in [6.45, 7) is 0. The minimum Gasteiger partial charge on any atom is -0.0622 e. The number of hydrogen-bond donors (Lipinski definition) is 0. The van der Waals surface area contributed by atoms with Gasteiger partial charge >= 0.3 is 0 Å². The van der Waals surface area contributed by atoms with E-state index in [9.17, 15) is 0 Å². The topological polar surface area (TPSA) is 0 Å². The molecular formula is C31H21P. The van der Waals surface area contributed by atoms with E-state index in [0.29, 0.717) is 8.58 Å². The Kier molecular flexibility index (Phi) is 3.83. The summed E-state index contributed by atoms with van der Waals surface area (Å²) in [6, 6.07) is 45.0. The lowest BCUT2D eigenvalue weighted by Gasteiger charge is -2.30. The van der Waals surface area contributed by atoms with Crippen LogP contribution in [0.4, 0.5) is 0 Å². The van der Waals surface area contributed by atoms with Gasteiger partial charge in [-0.3, -0.25) is 0 Å². The first-order chi connectivity index (χ1) is 15.9. The van der Waals surface area contributed by atoms with Gasteiger partial charge < -0.3 is 0 Å². The Morgan fingerprint density at radius 2 is 0.844 bits per heavy atom. The average Bonchev–Trinajstić information content (AvgIpc) is 3.32. The molecule has 1 atom stereocenters. The molecule has 0 heterocycles. The maximum Gasteiger partial charge on any atom is 0.0725 e. The van der Waals surface area contributed by atoms with Crippen LogP contribution in [0.15, 0.2) is 121 Å². The summed E-state index contributed by atoms with van der Waals surface area (Å²) in [7, 11) is 0.652. The number of benzene rings is 5.